The lowest BCUT2D eigenvalue weighted by Gasteiger charge is -2.30. The minimum absolute atomic E-state index is 0.0359. The number of aryl methyl sites for hydroxylation is 2. The Bertz CT molecular complexity index is 2160. The van der Waals surface area contributed by atoms with Crippen LogP contribution in [0, 0.1) is 0 Å². The van der Waals surface area contributed by atoms with Crippen LogP contribution in [0.3, 0.4) is 0 Å². The third-order valence-electron chi connectivity index (χ3n) is 12.1. The zero-order valence-corrected chi connectivity index (χ0v) is 31.6. The number of hydrogen-bond acceptors (Lipinski definition) is 1. The highest BCUT2D eigenvalue weighted by molar-refractivity contribution is 6.10. The lowest BCUT2D eigenvalue weighted by molar-refractivity contribution is 0.652. The van der Waals surface area contributed by atoms with Gasteiger partial charge in [0.25, 0.3) is 0 Å². The van der Waals surface area contributed by atoms with Crippen LogP contribution in [-0.4, -0.2) is 0 Å². The number of rotatable bonds is 11. The molecule has 0 radical (unpaired) electrons. The normalized spacial score (nSPS) is 14.6. The van der Waals surface area contributed by atoms with E-state index in [1.807, 2.05) is 0 Å². The van der Waals surface area contributed by atoms with Crippen LogP contribution in [0.15, 0.2) is 115 Å². The van der Waals surface area contributed by atoms with Crippen LogP contribution < -0.4 is 4.90 Å². The highest BCUT2D eigenvalue weighted by atomic mass is 15.1. The number of hydrogen-bond donors (Lipinski definition) is 0. The Labute approximate surface area is 306 Å². The summed E-state index contributed by atoms with van der Waals surface area (Å²) in [6.45, 7) is 14.2. The van der Waals surface area contributed by atoms with E-state index in [2.05, 4.69) is 162 Å². The Morgan fingerprint density at radius 3 is 1.57 bits per heavy atom. The first-order valence-corrected chi connectivity index (χ1v) is 19.6. The second kappa shape index (κ2) is 13.2. The smallest absolute Gasteiger partial charge is 0.0543 e. The van der Waals surface area contributed by atoms with Gasteiger partial charge in [-0.2, -0.15) is 0 Å². The predicted octanol–water partition coefficient (Wildman–Crippen LogP) is 14.4. The van der Waals surface area contributed by atoms with E-state index >= 15 is 0 Å². The third-order valence-corrected chi connectivity index (χ3v) is 12.1. The summed E-state index contributed by atoms with van der Waals surface area (Å²) in [7, 11) is 0. The Morgan fingerprint density at radius 1 is 0.451 bits per heavy atom. The topological polar surface area (TPSA) is 3.24 Å². The Balaban J connectivity index is 1.30. The second-order valence-electron chi connectivity index (χ2n) is 16.2. The molecule has 0 aromatic heterocycles. The van der Waals surface area contributed by atoms with Crippen LogP contribution in [-0.2, 0) is 23.7 Å². The summed E-state index contributed by atoms with van der Waals surface area (Å²) in [5.74, 6) is 0. The summed E-state index contributed by atoms with van der Waals surface area (Å²) >= 11 is 0. The Hall–Kier alpha value is -4.62. The molecule has 0 atom stereocenters. The Kier molecular flexibility index (Phi) is 8.66. The third kappa shape index (κ3) is 5.61. The molecule has 0 bridgehead atoms. The molecule has 0 fully saturated rings. The minimum atomic E-state index is -0.155. The molecule has 0 spiro atoms. The molecule has 8 rings (SSSR count). The number of nitrogens with zero attached hydrogens (tertiary/aromatic N) is 1. The van der Waals surface area contributed by atoms with Gasteiger partial charge in [-0.05, 0) is 129 Å². The van der Waals surface area contributed by atoms with E-state index in [0.717, 1.165) is 12.8 Å². The van der Waals surface area contributed by atoms with Gasteiger partial charge in [0.1, 0.15) is 0 Å². The van der Waals surface area contributed by atoms with Crippen molar-refractivity contribution in [2.75, 3.05) is 4.90 Å². The van der Waals surface area contributed by atoms with Crippen LogP contribution in [0.1, 0.15) is 113 Å². The molecular formula is C50H53N. The summed E-state index contributed by atoms with van der Waals surface area (Å²) in [6, 6.07) is 44.6. The van der Waals surface area contributed by atoms with Gasteiger partial charge in [-0.25, -0.2) is 0 Å². The van der Waals surface area contributed by atoms with Crippen LogP contribution in [0.5, 0.6) is 0 Å². The lowest BCUT2D eigenvalue weighted by atomic mass is 9.79. The highest BCUT2D eigenvalue weighted by Crippen LogP contribution is 2.58. The molecule has 0 saturated heterocycles. The van der Waals surface area contributed by atoms with Gasteiger partial charge < -0.3 is 4.90 Å². The maximum absolute atomic E-state index is 2.55. The molecule has 258 valence electrons. The number of anilines is 3. The van der Waals surface area contributed by atoms with Crippen molar-refractivity contribution in [1.29, 1.82) is 0 Å². The maximum Gasteiger partial charge on any atom is 0.0543 e. The van der Waals surface area contributed by atoms with Gasteiger partial charge in [0.05, 0.1) is 5.69 Å². The maximum atomic E-state index is 2.55. The molecule has 0 aliphatic heterocycles. The van der Waals surface area contributed by atoms with Crippen LogP contribution in [0.25, 0.3) is 33.0 Å². The van der Waals surface area contributed by atoms with Crippen LogP contribution in [0.4, 0.5) is 17.1 Å². The van der Waals surface area contributed by atoms with Gasteiger partial charge in [-0.15, -0.1) is 0 Å². The molecular weight excluding hydrogens is 615 g/mol. The van der Waals surface area contributed by atoms with Crippen molar-refractivity contribution in [3.63, 3.8) is 0 Å². The van der Waals surface area contributed by atoms with E-state index in [9.17, 15) is 0 Å². The standard InChI is InChI=1S/C50H53N/c1-7-9-11-17-34-23-27-36(28-24-34)51(37-29-25-35(26-30-37)18-12-10-8-2)47-33-46-48(40-21-14-13-20-39(40)47)42-32-44-41(31-45(42)50(46,5)6)38-19-15-16-22-43(38)49(44,3)4/h13-16,19-33H,7-12,17-18H2,1-6H3. The van der Waals surface area contributed by atoms with Crippen molar-refractivity contribution in [2.24, 2.45) is 0 Å². The Morgan fingerprint density at radius 2 is 0.961 bits per heavy atom. The van der Waals surface area contributed by atoms with Gasteiger partial charge in [-0.1, -0.05) is 140 Å². The van der Waals surface area contributed by atoms with Crippen molar-refractivity contribution >= 4 is 27.8 Å². The van der Waals surface area contributed by atoms with Crippen molar-refractivity contribution < 1.29 is 0 Å². The molecule has 6 aromatic rings. The molecule has 2 aliphatic rings. The predicted molar refractivity (Wildman–Crippen MR) is 220 cm³/mol. The van der Waals surface area contributed by atoms with E-state index < -0.39 is 0 Å². The SMILES string of the molecule is CCCCCc1ccc(N(c2ccc(CCCCC)cc2)c2cc3c(c4ccccc24)-c2cc4c(cc2C3(C)C)-c2ccccc2C4(C)C)cc1. The average molecular weight is 668 g/mol. The van der Waals surface area contributed by atoms with Gasteiger partial charge in [-0.3, -0.25) is 0 Å². The fourth-order valence-corrected chi connectivity index (χ4v) is 9.15. The molecule has 2 aliphatic carbocycles. The zero-order chi connectivity index (χ0) is 35.3. The minimum Gasteiger partial charge on any atom is -0.310 e. The monoisotopic (exact) mass is 667 g/mol. The molecule has 1 heteroatoms. The van der Waals surface area contributed by atoms with Crippen LogP contribution >= 0.6 is 0 Å². The average Bonchev–Trinajstić information content (AvgIpc) is 3.51. The second-order valence-corrected chi connectivity index (χ2v) is 16.2. The highest BCUT2D eigenvalue weighted by Gasteiger charge is 2.42. The summed E-state index contributed by atoms with van der Waals surface area (Å²) in [5.41, 5.74) is 17.7. The summed E-state index contributed by atoms with van der Waals surface area (Å²) in [5, 5.41) is 2.63. The molecule has 0 saturated carbocycles. The van der Waals surface area contributed by atoms with E-state index in [1.54, 1.807) is 0 Å². The van der Waals surface area contributed by atoms with Gasteiger partial charge in [0.2, 0.25) is 0 Å². The molecule has 0 unspecified atom stereocenters. The molecule has 0 amide bonds. The van der Waals surface area contributed by atoms with E-state index in [1.165, 1.54) is 122 Å². The molecule has 0 N–H and O–H groups in total. The zero-order valence-electron chi connectivity index (χ0n) is 31.6. The number of benzene rings is 6. The largest absolute Gasteiger partial charge is 0.310 e. The van der Waals surface area contributed by atoms with Crippen LogP contribution in [0.2, 0.25) is 0 Å². The van der Waals surface area contributed by atoms with Gasteiger partial charge in [0, 0.05) is 27.6 Å². The van der Waals surface area contributed by atoms with Gasteiger partial charge in [0.15, 0.2) is 0 Å². The molecule has 6 aromatic carbocycles. The summed E-state index contributed by atoms with van der Waals surface area (Å²) < 4.78 is 0. The lowest BCUT2D eigenvalue weighted by Crippen LogP contribution is -2.18. The molecule has 51 heavy (non-hydrogen) atoms. The van der Waals surface area contributed by atoms with Gasteiger partial charge >= 0.3 is 0 Å². The molecule has 0 heterocycles. The van der Waals surface area contributed by atoms with E-state index in [4.69, 9.17) is 0 Å². The van der Waals surface area contributed by atoms with E-state index in [-0.39, 0.29) is 10.8 Å². The van der Waals surface area contributed by atoms with Crippen molar-refractivity contribution in [3.8, 4) is 22.3 Å². The summed E-state index contributed by atoms with van der Waals surface area (Å²) in [4.78, 5) is 2.52. The fraction of sp³-hybridized carbons (Fsp3) is 0.320. The number of fused-ring (bicyclic) bond motifs is 8. The number of unbranched alkanes of at least 4 members (excludes halogenated alkanes) is 4. The fourth-order valence-electron chi connectivity index (χ4n) is 9.15. The van der Waals surface area contributed by atoms with Crippen molar-refractivity contribution in [3.05, 3.63) is 149 Å². The molecule has 1 nitrogen and oxygen atoms in total. The first-order chi connectivity index (χ1) is 24.7. The first-order valence-electron chi connectivity index (χ1n) is 19.6. The van der Waals surface area contributed by atoms with Crippen molar-refractivity contribution in [1.82, 2.24) is 0 Å². The summed E-state index contributed by atoms with van der Waals surface area (Å²) in [6.07, 6.45) is 9.83. The first kappa shape index (κ1) is 33.5. The quantitative estimate of drug-likeness (QED) is 0.124. The van der Waals surface area contributed by atoms with E-state index in [0.29, 0.717) is 0 Å². The van der Waals surface area contributed by atoms with Crippen molar-refractivity contribution in [2.45, 2.75) is 104 Å².